The zero-order valence-corrected chi connectivity index (χ0v) is 14.7. The number of carbonyl (C=O) groups is 3. The average molecular weight is 378 g/mol. The van der Waals surface area contributed by atoms with Crippen LogP contribution in [0.3, 0.4) is 0 Å². The Kier molecular flexibility index (Phi) is 4.79. The number of Topliss-reactive ketones (excluding diaryl/α,β-unsaturated/α-hetero) is 1. The Labute approximate surface area is 154 Å². The van der Waals surface area contributed by atoms with Gasteiger partial charge in [-0.1, -0.05) is 23.2 Å². The quantitative estimate of drug-likeness (QED) is 0.603. The molecular formula is C18H13Cl2NO4. The normalized spacial score (nSPS) is 12.9. The molecule has 1 heterocycles. The number of esters is 1. The van der Waals surface area contributed by atoms with Gasteiger partial charge in [0.1, 0.15) is 0 Å². The summed E-state index contributed by atoms with van der Waals surface area (Å²) in [7, 11) is 1.69. The van der Waals surface area contributed by atoms with Crippen LogP contribution in [0.2, 0.25) is 10.0 Å². The van der Waals surface area contributed by atoms with Gasteiger partial charge in [0.25, 0.3) is 0 Å². The Hall–Kier alpha value is -2.37. The highest BCUT2D eigenvalue weighted by atomic mass is 35.5. The van der Waals surface area contributed by atoms with Crippen molar-refractivity contribution in [2.45, 2.75) is 6.42 Å². The lowest BCUT2D eigenvalue weighted by Gasteiger charge is -2.10. The Balaban J connectivity index is 1.67. The van der Waals surface area contributed by atoms with Gasteiger partial charge in [-0.05, 0) is 42.0 Å². The van der Waals surface area contributed by atoms with E-state index in [1.807, 2.05) is 0 Å². The molecule has 2 aromatic carbocycles. The van der Waals surface area contributed by atoms with Crippen LogP contribution < -0.4 is 4.90 Å². The molecule has 0 spiro atoms. The third kappa shape index (κ3) is 3.52. The first-order valence-corrected chi connectivity index (χ1v) is 8.17. The maximum atomic E-state index is 12.2. The highest BCUT2D eigenvalue weighted by Crippen LogP contribution is 2.28. The Morgan fingerprint density at radius 3 is 2.52 bits per heavy atom. The Morgan fingerprint density at radius 2 is 1.80 bits per heavy atom. The van der Waals surface area contributed by atoms with Crippen LogP contribution in [-0.4, -0.2) is 31.3 Å². The number of likely N-dealkylation sites (N-methyl/N-ethyl adjacent to an activating group) is 1. The zero-order chi connectivity index (χ0) is 18.1. The molecule has 0 aliphatic carbocycles. The molecule has 1 aliphatic rings. The summed E-state index contributed by atoms with van der Waals surface area (Å²) >= 11 is 11.7. The van der Waals surface area contributed by atoms with E-state index < -0.39 is 12.6 Å². The van der Waals surface area contributed by atoms with Crippen LogP contribution in [0.25, 0.3) is 0 Å². The van der Waals surface area contributed by atoms with E-state index in [1.54, 1.807) is 30.1 Å². The van der Waals surface area contributed by atoms with Crippen molar-refractivity contribution in [1.29, 1.82) is 0 Å². The molecule has 0 saturated carbocycles. The molecule has 1 aliphatic heterocycles. The second kappa shape index (κ2) is 6.86. The molecule has 128 valence electrons. The van der Waals surface area contributed by atoms with Crippen molar-refractivity contribution >= 4 is 46.5 Å². The van der Waals surface area contributed by atoms with Crippen molar-refractivity contribution in [3.63, 3.8) is 0 Å². The smallest absolute Gasteiger partial charge is 0.338 e. The van der Waals surface area contributed by atoms with Crippen LogP contribution in [0, 0.1) is 0 Å². The van der Waals surface area contributed by atoms with E-state index >= 15 is 0 Å². The lowest BCUT2D eigenvalue weighted by molar-refractivity contribution is -0.117. The molecule has 0 fully saturated rings. The van der Waals surface area contributed by atoms with Gasteiger partial charge in [-0.3, -0.25) is 9.59 Å². The second-order valence-electron chi connectivity index (χ2n) is 5.60. The van der Waals surface area contributed by atoms with E-state index in [0.29, 0.717) is 10.6 Å². The van der Waals surface area contributed by atoms with E-state index in [4.69, 9.17) is 27.9 Å². The molecule has 7 heteroatoms. The third-order valence-corrected chi connectivity index (χ3v) is 4.71. The summed E-state index contributed by atoms with van der Waals surface area (Å²) < 4.78 is 5.03. The Bertz CT molecular complexity index is 895. The van der Waals surface area contributed by atoms with Crippen molar-refractivity contribution in [1.82, 2.24) is 0 Å². The molecule has 5 nitrogen and oxygen atoms in total. The summed E-state index contributed by atoms with van der Waals surface area (Å²) in [6.45, 7) is -0.401. The van der Waals surface area contributed by atoms with Crippen LogP contribution >= 0.6 is 23.2 Å². The van der Waals surface area contributed by atoms with Crippen LogP contribution in [0.4, 0.5) is 5.69 Å². The largest absolute Gasteiger partial charge is 0.454 e. The van der Waals surface area contributed by atoms with Gasteiger partial charge in [-0.2, -0.15) is 0 Å². The van der Waals surface area contributed by atoms with Gasteiger partial charge in [0.2, 0.25) is 5.91 Å². The topological polar surface area (TPSA) is 63.7 Å². The summed E-state index contributed by atoms with van der Waals surface area (Å²) in [4.78, 5) is 37.5. The second-order valence-corrected chi connectivity index (χ2v) is 6.42. The van der Waals surface area contributed by atoms with Crippen molar-refractivity contribution in [2.24, 2.45) is 0 Å². The van der Waals surface area contributed by atoms with Gasteiger partial charge in [-0.15, -0.1) is 0 Å². The van der Waals surface area contributed by atoms with E-state index in [2.05, 4.69) is 0 Å². The third-order valence-electron chi connectivity index (χ3n) is 3.97. The fraction of sp³-hybridized carbons (Fsp3) is 0.167. The number of rotatable bonds is 4. The molecule has 25 heavy (non-hydrogen) atoms. The van der Waals surface area contributed by atoms with Crippen LogP contribution in [-0.2, 0) is 16.0 Å². The highest BCUT2D eigenvalue weighted by molar-refractivity contribution is 6.42. The van der Waals surface area contributed by atoms with Gasteiger partial charge in [0, 0.05) is 18.3 Å². The van der Waals surface area contributed by atoms with E-state index in [9.17, 15) is 14.4 Å². The number of carbonyl (C=O) groups excluding carboxylic acids is 3. The van der Waals surface area contributed by atoms with Crippen LogP contribution in [0.5, 0.6) is 0 Å². The van der Waals surface area contributed by atoms with Gasteiger partial charge >= 0.3 is 5.97 Å². The first-order chi connectivity index (χ1) is 11.9. The number of amides is 1. The molecule has 0 aromatic heterocycles. The number of ketones is 1. The molecule has 3 rings (SSSR count). The number of ether oxygens (including phenoxy) is 1. The van der Waals surface area contributed by atoms with Gasteiger partial charge in [-0.25, -0.2) is 4.79 Å². The molecule has 0 bridgehead atoms. The van der Waals surface area contributed by atoms with E-state index in [0.717, 1.165) is 11.3 Å². The summed E-state index contributed by atoms with van der Waals surface area (Å²) in [5, 5.41) is 0.557. The number of nitrogens with zero attached hydrogens (tertiary/aromatic N) is 1. The minimum atomic E-state index is -0.664. The van der Waals surface area contributed by atoms with E-state index in [-0.39, 0.29) is 28.7 Å². The summed E-state index contributed by atoms with van der Waals surface area (Å²) in [6.07, 6.45) is 0.260. The lowest BCUT2D eigenvalue weighted by Crippen LogP contribution is -2.20. The molecule has 1 amide bonds. The van der Waals surface area contributed by atoms with Crippen molar-refractivity contribution in [3.05, 3.63) is 63.1 Å². The minimum absolute atomic E-state index is 0.0226. The lowest BCUT2D eigenvalue weighted by atomic mass is 10.1. The number of hydrogen-bond acceptors (Lipinski definition) is 4. The number of halogens is 2. The monoisotopic (exact) mass is 377 g/mol. The maximum absolute atomic E-state index is 12.2. The fourth-order valence-electron chi connectivity index (χ4n) is 2.56. The van der Waals surface area contributed by atoms with Crippen LogP contribution in [0.15, 0.2) is 36.4 Å². The maximum Gasteiger partial charge on any atom is 0.338 e. The summed E-state index contributed by atoms with van der Waals surface area (Å²) in [5.74, 6) is -1.04. The molecule has 0 saturated heterocycles. The standard InChI is InChI=1S/C18H13Cl2NO4/c1-21-15-5-3-10(6-12(15)8-17(21)23)16(22)9-25-18(24)11-2-4-13(19)14(20)7-11/h2-7H,8-9H2,1H3. The highest BCUT2D eigenvalue weighted by Gasteiger charge is 2.25. The number of hydrogen-bond donors (Lipinski definition) is 0. The molecule has 0 atom stereocenters. The van der Waals surface area contributed by atoms with Crippen molar-refractivity contribution in [2.75, 3.05) is 18.6 Å². The predicted molar refractivity (Wildman–Crippen MR) is 94.6 cm³/mol. The predicted octanol–water partition coefficient (Wildman–Crippen LogP) is 3.55. The number of benzene rings is 2. The molecular weight excluding hydrogens is 365 g/mol. The van der Waals surface area contributed by atoms with Crippen molar-refractivity contribution in [3.8, 4) is 0 Å². The zero-order valence-electron chi connectivity index (χ0n) is 13.2. The number of anilines is 1. The first kappa shape index (κ1) is 17.5. The van der Waals surface area contributed by atoms with Gasteiger partial charge < -0.3 is 9.64 Å². The average Bonchev–Trinajstić information content (AvgIpc) is 2.88. The van der Waals surface area contributed by atoms with Gasteiger partial charge in [0.15, 0.2) is 12.4 Å². The van der Waals surface area contributed by atoms with Crippen molar-refractivity contribution < 1.29 is 19.1 Å². The summed E-state index contributed by atoms with van der Waals surface area (Å²) in [6, 6.07) is 9.32. The fourth-order valence-corrected chi connectivity index (χ4v) is 2.86. The van der Waals surface area contributed by atoms with E-state index in [1.165, 1.54) is 18.2 Å². The molecule has 0 unspecified atom stereocenters. The molecule has 0 radical (unpaired) electrons. The minimum Gasteiger partial charge on any atom is -0.454 e. The first-order valence-electron chi connectivity index (χ1n) is 7.41. The molecule has 2 aromatic rings. The Morgan fingerprint density at radius 1 is 1.08 bits per heavy atom. The number of fused-ring (bicyclic) bond motifs is 1. The SMILES string of the molecule is CN1C(=O)Cc2cc(C(=O)COC(=O)c3ccc(Cl)c(Cl)c3)ccc21. The molecule has 0 N–H and O–H groups in total. The van der Waals surface area contributed by atoms with Crippen LogP contribution in [0.1, 0.15) is 26.3 Å². The summed E-state index contributed by atoms with van der Waals surface area (Å²) in [5.41, 5.74) is 2.18. The van der Waals surface area contributed by atoms with Gasteiger partial charge in [0.05, 0.1) is 22.0 Å².